The van der Waals surface area contributed by atoms with Crippen molar-refractivity contribution in [3.63, 3.8) is 0 Å². The minimum atomic E-state index is -2.75. The van der Waals surface area contributed by atoms with Crippen LogP contribution in [-0.2, 0) is 96.0 Å². The van der Waals surface area contributed by atoms with Crippen molar-refractivity contribution in [2.45, 2.75) is 194 Å². The van der Waals surface area contributed by atoms with Crippen LogP contribution in [0, 0.1) is 0 Å². The highest BCUT2D eigenvalue weighted by atomic mass is 79.9. The minimum absolute atomic E-state index is 0.288. The first-order chi connectivity index (χ1) is 55.9. The number of primary amides is 2. The summed E-state index contributed by atoms with van der Waals surface area (Å²) in [5.74, 6) is -22.8. The van der Waals surface area contributed by atoms with Gasteiger partial charge in [0.2, 0.25) is 89.3 Å². The molecule has 0 aliphatic carbocycles. The number of carboxylic acid groups (broad SMARTS) is 1. The van der Waals surface area contributed by atoms with Crippen molar-refractivity contribution in [2.75, 3.05) is 26.4 Å². The number of carbonyl (C=O) groups is 15. The van der Waals surface area contributed by atoms with Crippen molar-refractivity contribution in [3.8, 4) is 0 Å². The molecule has 7 rings (SSSR count). The van der Waals surface area contributed by atoms with Gasteiger partial charge < -0.3 is 136 Å². The number of nitrogens with two attached hydrogens (primary N) is 2. The van der Waals surface area contributed by atoms with E-state index in [-0.39, 0.29) is 17.7 Å². The molecule has 3 aliphatic rings. The Morgan fingerprint density at radius 2 is 1.20 bits per heavy atom. The third-order valence-electron chi connectivity index (χ3n) is 19.3. The molecular weight excluding hydrogens is 1620 g/mol. The van der Waals surface area contributed by atoms with Gasteiger partial charge in [0.15, 0.2) is 6.10 Å². The summed E-state index contributed by atoms with van der Waals surface area (Å²) in [4.78, 5) is 214. The van der Waals surface area contributed by atoms with Gasteiger partial charge in [-0.3, -0.25) is 67.1 Å². The van der Waals surface area contributed by atoms with Gasteiger partial charge in [-0.1, -0.05) is 119 Å². The molecule has 0 spiro atoms. The molecule has 4 heterocycles. The summed E-state index contributed by atoms with van der Waals surface area (Å²) in [6, 6.07) is -0.456. The van der Waals surface area contributed by atoms with Gasteiger partial charge in [-0.05, 0) is 55.5 Å². The molecule has 14 amide bonds. The molecule has 118 heavy (non-hydrogen) atoms. The van der Waals surface area contributed by atoms with E-state index in [1.165, 1.54) is 37.3 Å². The van der Waals surface area contributed by atoms with Crippen LogP contribution in [0.4, 0.5) is 0 Å². The summed E-state index contributed by atoms with van der Waals surface area (Å²) >= 11 is 3.29. The lowest BCUT2D eigenvalue weighted by molar-refractivity contribution is -0.697. The lowest BCUT2D eigenvalue weighted by Gasteiger charge is -2.33. The van der Waals surface area contributed by atoms with Gasteiger partial charge >= 0.3 is 0 Å². The van der Waals surface area contributed by atoms with E-state index in [1.54, 1.807) is 79.7 Å². The molecule has 4 bridgehead atoms. The van der Waals surface area contributed by atoms with Crippen LogP contribution < -0.4 is 84.9 Å². The van der Waals surface area contributed by atoms with Crippen LogP contribution >= 0.6 is 15.9 Å². The summed E-state index contributed by atoms with van der Waals surface area (Å²) in [6.45, 7) is -1.48. The normalized spacial score (nSPS) is 28.0. The lowest BCUT2D eigenvalue weighted by atomic mass is 9.92. The van der Waals surface area contributed by atoms with Gasteiger partial charge in [0.25, 0.3) is 5.91 Å². The SMILES string of the molecule is CC(/C=C/c1ccccc1)=C\[C@H](O)[C@H]1CC(=O)N[C@@H](CO)C(=O)N[C@@H]2C[n+]3cc(n([C@H]4OC[C@@H](O)[C@@H](O)[C@@H]4O)c3)C[C@H](NC(=O)CCC[C@@H](C(=O)[O-])NC(=O)[C@H](O)CNC(=O)[C@H]([C@@H](C)c3ccc(Br)cc3)NC(=O)[C@H]([C@@H](O)C(N)=O)NC(=O)[C@H](CC(N)=O)NC2=O)C(=O)N[C@@H]([C@H](C)O)C(=O)N[C@@H](CO)C(=O)N[C@@H](Cc2ccccc2)C(=O)N1. The van der Waals surface area contributed by atoms with Crippen molar-refractivity contribution < 1.29 is 132 Å². The predicted molar refractivity (Wildman–Crippen MR) is 408 cm³/mol. The van der Waals surface area contributed by atoms with E-state index in [1.807, 2.05) is 10.6 Å². The average Bonchev–Trinajstić information content (AvgIpc) is 1.60. The molecule has 20 atom stereocenters. The number of aliphatic carboxylic acids is 1. The third kappa shape index (κ3) is 27.0. The lowest BCUT2D eigenvalue weighted by Crippen LogP contribution is -2.64. The molecule has 0 unspecified atom stereocenters. The van der Waals surface area contributed by atoms with Gasteiger partial charge in [-0.15, -0.1) is 0 Å². The standard InChI is InChI=1S/C75H97BrN16O26/c1-35(17-18-38-11-6-4-7-12-38)23-51(96)44-27-56(101)81-49(31-93)68(110)86-48-30-91-29-42(92(34-91)74-62(104)60(102)53(98)33-118-74)25-46(65(107)89-58(37(3)95)72(114)87-50(32-94)69(111)84-45(64(106)83-44)24-39-13-8-5-9-14-39)80-55(100)16-10-15-43(75(116)117)82-70(112)52(97)28-79-71(113)57(36(2)40-19-21-41(76)22-20-40)88-73(115)59(61(103)63(78)105)90-66(108)47(26-54(77)99)85-67(48)109/h4-9,11-14,17-23,29,34,36-37,43-53,57-62,74,93-98,102-104H,10,15-16,24-28,30-33H2,1-3H3,(H16-,77,78,79,80,81,82,83,84,85,86,87,88,89,90,99,100,101,105,106,107,108,109,110,111,112,113,114,115,116,117)/b18-17+,35-23+/t36-,37-,43-,44+,45-,46-,47-,48+,49-,50-,51-,52+,53+,57-,58-,59-,60+,61+,62-,74-/m0/s1. The highest BCUT2D eigenvalue weighted by molar-refractivity contribution is 9.10. The van der Waals surface area contributed by atoms with Crippen LogP contribution in [0.25, 0.3) is 6.08 Å². The number of halogens is 1. The number of aliphatic hydroxyl groups excluding tert-OH is 9. The number of nitrogens with zero attached hydrogens (tertiary/aromatic N) is 2. The maximum Gasteiger partial charge on any atom is 0.251 e. The number of aliphatic hydroxyl groups is 9. The fourth-order valence-electron chi connectivity index (χ4n) is 12.7. The smallest absolute Gasteiger partial charge is 0.251 e. The zero-order valence-electron chi connectivity index (χ0n) is 63.9. The van der Waals surface area contributed by atoms with Crippen molar-refractivity contribution in [1.29, 1.82) is 0 Å². The predicted octanol–water partition coefficient (Wildman–Crippen LogP) is -11.0. The van der Waals surface area contributed by atoms with E-state index >= 15 is 9.59 Å². The highest BCUT2D eigenvalue weighted by Crippen LogP contribution is 2.27. The van der Waals surface area contributed by atoms with Crippen LogP contribution in [-0.4, -0.2) is 275 Å². The fraction of sp³-hybridized carbons (Fsp3) is 0.467. The summed E-state index contributed by atoms with van der Waals surface area (Å²) < 4.78 is 8.27. The number of β-amino-alcohol motifs (C(OH)–C–C–N with tert-alkyl or cyclic N) is 1. The molecule has 1 aromatic heterocycles. The second-order valence-corrected chi connectivity index (χ2v) is 29.3. The van der Waals surface area contributed by atoms with E-state index in [4.69, 9.17) is 16.2 Å². The van der Waals surface area contributed by atoms with E-state index in [0.717, 1.165) is 28.6 Å². The minimum Gasteiger partial charge on any atom is -0.548 e. The molecule has 4 aromatic rings. The van der Waals surface area contributed by atoms with Crippen LogP contribution in [0.5, 0.6) is 0 Å². The van der Waals surface area contributed by atoms with E-state index < -0.39 is 281 Å². The van der Waals surface area contributed by atoms with Crippen molar-refractivity contribution >= 4 is 111 Å². The van der Waals surface area contributed by atoms with E-state index in [2.05, 4.69) is 69.1 Å². The number of imidazole rings is 1. The quantitative estimate of drug-likeness (QED) is 0.0345. The number of hydrogen-bond donors (Lipinski definition) is 23. The second kappa shape index (κ2) is 44.2. The first kappa shape index (κ1) is 93.6. The van der Waals surface area contributed by atoms with Crippen LogP contribution in [0.1, 0.15) is 87.4 Å². The Kier molecular flexibility index (Phi) is 35.0. The maximum absolute atomic E-state index is 15.3. The van der Waals surface area contributed by atoms with Gasteiger partial charge in [0, 0.05) is 36.1 Å². The third-order valence-corrected chi connectivity index (χ3v) is 19.8. The molecule has 640 valence electrons. The topological polar surface area (TPSA) is 676 Å². The monoisotopic (exact) mass is 1720 g/mol. The number of nitrogens with one attached hydrogen (secondary N) is 12. The molecule has 0 saturated carbocycles. The molecule has 0 radical (unpaired) electrons. The number of allylic oxidation sites excluding steroid dienone is 2. The molecule has 1 fully saturated rings. The number of aromatic nitrogens is 2. The van der Waals surface area contributed by atoms with E-state index in [0.29, 0.717) is 21.2 Å². The molecular formula is C75H97BrN16O26. The molecule has 42 nitrogen and oxygen atoms in total. The van der Waals surface area contributed by atoms with Crippen molar-refractivity contribution in [3.05, 3.63) is 142 Å². The first-order valence-electron chi connectivity index (χ1n) is 37.2. The number of carbonyl (C=O) groups excluding carboxylic acids is 15. The number of carboxylic acids is 1. The highest BCUT2D eigenvalue weighted by Gasteiger charge is 2.46. The summed E-state index contributed by atoms with van der Waals surface area (Å²) in [6.07, 6.45) is -15.7. The second-order valence-electron chi connectivity index (χ2n) is 28.4. The van der Waals surface area contributed by atoms with Gasteiger partial charge in [0.05, 0.1) is 63.0 Å². The number of hydrogen-bond acceptors (Lipinski definition) is 26. The number of benzene rings is 3. The number of rotatable bonds is 17. The summed E-state index contributed by atoms with van der Waals surface area (Å²) in [5, 5.41) is 141. The molecule has 25 N–H and O–H groups in total. The zero-order chi connectivity index (χ0) is 86.9. The molecule has 43 heteroatoms. The Morgan fingerprint density at radius 1 is 0.627 bits per heavy atom. The summed E-state index contributed by atoms with van der Waals surface area (Å²) in [7, 11) is 0. The Hall–Kier alpha value is -11.5. The van der Waals surface area contributed by atoms with Crippen LogP contribution in [0.3, 0.4) is 0 Å². The fourth-order valence-corrected chi connectivity index (χ4v) is 12.9. The van der Waals surface area contributed by atoms with Gasteiger partial charge in [-0.25, -0.2) is 9.13 Å². The van der Waals surface area contributed by atoms with Gasteiger partial charge in [-0.2, -0.15) is 0 Å². The molecule has 3 aromatic carbocycles. The molecule has 3 aliphatic heterocycles. The number of amides is 14. The largest absolute Gasteiger partial charge is 0.548 e. The Morgan fingerprint density at radius 3 is 1.83 bits per heavy atom. The van der Waals surface area contributed by atoms with Crippen molar-refractivity contribution in [1.82, 2.24) is 68.4 Å². The number of ether oxygens (including phenoxy) is 1. The Balaban J connectivity index is 1.43. The Bertz CT molecular complexity index is 4330. The van der Waals surface area contributed by atoms with Crippen LogP contribution in [0.15, 0.2) is 120 Å². The van der Waals surface area contributed by atoms with E-state index in [9.17, 15) is 113 Å². The maximum atomic E-state index is 15.3. The first-order valence-corrected chi connectivity index (χ1v) is 37.9. The van der Waals surface area contributed by atoms with Gasteiger partial charge in [0.1, 0.15) is 97.2 Å². The average molecular weight is 1720 g/mol. The zero-order valence-corrected chi connectivity index (χ0v) is 65.5. The summed E-state index contributed by atoms with van der Waals surface area (Å²) in [5.41, 5.74) is 12.5. The molecule has 1 saturated heterocycles. The van der Waals surface area contributed by atoms with Crippen molar-refractivity contribution in [2.24, 2.45) is 11.5 Å². The van der Waals surface area contributed by atoms with Crippen LogP contribution in [0.2, 0.25) is 0 Å². The Labute approximate surface area is 681 Å². The number of fused-ring (bicyclic) bond motifs is 2.